The topological polar surface area (TPSA) is 45.6 Å². The fourth-order valence-corrected chi connectivity index (χ4v) is 5.04. The zero-order valence-electron chi connectivity index (χ0n) is 21.2. The molecular weight excluding hydrogens is 490 g/mol. The van der Waals surface area contributed by atoms with E-state index in [1.165, 1.54) is 12.0 Å². The van der Waals surface area contributed by atoms with Crippen molar-refractivity contribution in [2.24, 2.45) is 5.41 Å². The molecule has 1 aliphatic rings. The van der Waals surface area contributed by atoms with Crippen molar-refractivity contribution in [2.75, 3.05) is 13.1 Å². The van der Waals surface area contributed by atoms with E-state index >= 15 is 0 Å². The minimum Gasteiger partial charge on any atom is -0.345 e. The Balaban J connectivity index is 1.80. The number of aromatic nitrogens is 1. The van der Waals surface area contributed by atoms with Crippen LogP contribution < -0.4 is 0 Å². The lowest BCUT2D eigenvalue weighted by molar-refractivity contribution is -0.147. The minimum atomic E-state index is -0.496. The quantitative estimate of drug-likeness (QED) is 0.385. The molecule has 186 valence electrons. The number of benzene rings is 1. The van der Waals surface area contributed by atoms with E-state index in [0.717, 1.165) is 48.8 Å². The minimum absolute atomic E-state index is 0.0462. The summed E-state index contributed by atoms with van der Waals surface area (Å²) >= 11 is 3.50. The van der Waals surface area contributed by atoms with Crippen LogP contribution in [-0.4, -0.2) is 45.3 Å². The molecule has 2 aromatic rings. The molecule has 0 aliphatic heterocycles. The number of nitrogens with zero attached hydrogens (tertiary/aromatic N) is 3. The Labute approximate surface area is 213 Å². The van der Waals surface area contributed by atoms with Crippen LogP contribution in [0.3, 0.4) is 0 Å². The van der Waals surface area contributed by atoms with Crippen molar-refractivity contribution in [3.63, 3.8) is 0 Å². The van der Waals surface area contributed by atoms with Crippen molar-refractivity contribution in [3.05, 3.63) is 58.3 Å². The molecule has 3 rings (SSSR count). The molecule has 0 spiro atoms. The van der Waals surface area contributed by atoms with Crippen LogP contribution in [0, 0.1) is 5.41 Å². The van der Waals surface area contributed by atoms with Crippen LogP contribution in [0.4, 0.5) is 0 Å². The summed E-state index contributed by atoms with van der Waals surface area (Å²) in [7, 11) is 0. The van der Waals surface area contributed by atoms with Crippen molar-refractivity contribution >= 4 is 27.7 Å². The lowest BCUT2D eigenvalue weighted by Gasteiger charge is -2.37. The van der Waals surface area contributed by atoms with Crippen LogP contribution in [0.15, 0.2) is 47.1 Å². The van der Waals surface area contributed by atoms with Gasteiger partial charge in [-0.25, -0.2) is 0 Å². The second-order valence-corrected chi connectivity index (χ2v) is 11.5. The van der Waals surface area contributed by atoms with E-state index in [-0.39, 0.29) is 24.4 Å². The number of rotatable bonds is 9. The van der Waals surface area contributed by atoms with Gasteiger partial charge in [0.15, 0.2) is 0 Å². The smallest absolute Gasteiger partial charge is 0.242 e. The SMILES string of the molecule is CCCN(CC(=O)N(Cc1cccn1Cc1ccc(Br)cc1)C1CCCCC1)C(=O)C(C)(C)C. The molecule has 1 aromatic heterocycles. The summed E-state index contributed by atoms with van der Waals surface area (Å²) in [5.41, 5.74) is 1.86. The van der Waals surface area contributed by atoms with E-state index in [4.69, 9.17) is 0 Å². The molecule has 1 aliphatic carbocycles. The fraction of sp³-hybridized carbons (Fsp3) is 0.571. The Morgan fingerprint density at radius 3 is 2.35 bits per heavy atom. The van der Waals surface area contributed by atoms with E-state index in [9.17, 15) is 9.59 Å². The van der Waals surface area contributed by atoms with Crippen molar-refractivity contribution in [3.8, 4) is 0 Å². The Morgan fingerprint density at radius 1 is 1.06 bits per heavy atom. The van der Waals surface area contributed by atoms with Gasteiger partial charge in [0.25, 0.3) is 0 Å². The maximum Gasteiger partial charge on any atom is 0.242 e. The fourth-order valence-electron chi connectivity index (χ4n) is 4.77. The maximum absolute atomic E-state index is 13.7. The summed E-state index contributed by atoms with van der Waals surface area (Å²) in [6.07, 6.45) is 8.58. The van der Waals surface area contributed by atoms with Gasteiger partial charge in [0.2, 0.25) is 11.8 Å². The number of amides is 2. The highest BCUT2D eigenvalue weighted by atomic mass is 79.9. The zero-order valence-corrected chi connectivity index (χ0v) is 22.8. The molecule has 1 saturated carbocycles. The van der Waals surface area contributed by atoms with Crippen LogP contribution in [0.1, 0.15) is 77.5 Å². The number of carbonyl (C=O) groups is 2. The summed E-state index contributed by atoms with van der Waals surface area (Å²) in [6, 6.07) is 12.8. The predicted octanol–water partition coefficient (Wildman–Crippen LogP) is 6.24. The lowest BCUT2D eigenvalue weighted by Crippen LogP contribution is -2.49. The monoisotopic (exact) mass is 529 g/mol. The molecule has 2 amide bonds. The maximum atomic E-state index is 13.7. The normalized spacial score (nSPS) is 14.7. The largest absolute Gasteiger partial charge is 0.345 e. The van der Waals surface area contributed by atoms with E-state index in [1.54, 1.807) is 4.90 Å². The Bertz CT molecular complexity index is 939. The first-order valence-corrected chi connectivity index (χ1v) is 13.5. The average molecular weight is 531 g/mol. The van der Waals surface area contributed by atoms with Crippen LogP contribution in [0.5, 0.6) is 0 Å². The van der Waals surface area contributed by atoms with Gasteiger partial charge in [-0.2, -0.15) is 0 Å². The zero-order chi connectivity index (χ0) is 24.7. The van der Waals surface area contributed by atoms with Gasteiger partial charge in [-0.15, -0.1) is 0 Å². The third kappa shape index (κ3) is 7.21. The first kappa shape index (κ1) is 26.5. The van der Waals surface area contributed by atoms with E-state index in [0.29, 0.717) is 13.1 Å². The molecule has 1 heterocycles. The third-order valence-corrected chi connectivity index (χ3v) is 7.13. The molecule has 5 nitrogen and oxygen atoms in total. The molecule has 0 unspecified atom stereocenters. The summed E-state index contributed by atoms with van der Waals surface area (Å²) in [5.74, 6) is 0.110. The Kier molecular flexibility index (Phi) is 9.40. The Hall–Kier alpha value is -2.08. The highest BCUT2D eigenvalue weighted by molar-refractivity contribution is 9.10. The first-order valence-electron chi connectivity index (χ1n) is 12.7. The van der Waals surface area contributed by atoms with Gasteiger partial charge in [-0.1, -0.05) is 75.0 Å². The highest BCUT2D eigenvalue weighted by Gasteiger charge is 2.32. The molecule has 0 bridgehead atoms. The summed E-state index contributed by atoms with van der Waals surface area (Å²) in [5, 5.41) is 0. The van der Waals surface area contributed by atoms with E-state index in [1.807, 2.05) is 20.8 Å². The average Bonchev–Trinajstić information content (AvgIpc) is 3.24. The van der Waals surface area contributed by atoms with E-state index < -0.39 is 5.41 Å². The number of carbonyl (C=O) groups excluding carboxylic acids is 2. The molecule has 6 heteroatoms. The molecular formula is C28H40BrN3O2. The van der Waals surface area contributed by atoms with Crippen molar-refractivity contribution in [1.82, 2.24) is 14.4 Å². The highest BCUT2D eigenvalue weighted by Crippen LogP contribution is 2.26. The standard InChI is InChI=1S/C28H40BrN3O2/c1-5-17-31(27(34)28(2,3)4)21-26(33)32(24-10-7-6-8-11-24)20-25-12-9-18-30(25)19-22-13-15-23(29)16-14-22/h9,12-16,18,24H,5-8,10-11,17,19-21H2,1-4H3. The third-order valence-electron chi connectivity index (χ3n) is 6.61. The molecule has 1 aromatic carbocycles. The second-order valence-electron chi connectivity index (χ2n) is 10.5. The summed E-state index contributed by atoms with van der Waals surface area (Å²) < 4.78 is 3.30. The Morgan fingerprint density at radius 2 is 1.74 bits per heavy atom. The van der Waals surface area contributed by atoms with Crippen molar-refractivity contribution in [2.45, 2.75) is 85.4 Å². The number of hydrogen-bond donors (Lipinski definition) is 0. The van der Waals surface area contributed by atoms with E-state index in [2.05, 4.69) is 74.9 Å². The second kappa shape index (κ2) is 12.1. The van der Waals surface area contributed by atoms with Crippen LogP contribution in [0.25, 0.3) is 0 Å². The van der Waals surface area contributed by atoms with Gasteiger partial charge in [0, 0.05) is 40.9 Å². The van der Waals surface area contributed by atoms with Gasteiger partial charge in [0.05, 0.1) is 13.1 Å². The summed E-state index contributed by atoms with van der Waals surface area (Å²) in [6.45, 7) is 9.96. The number of halogens is 1. The van der Waals surface area contributed by atoms with Crippen LogP contribution in [0.2, 0.25) is 0 Å². The van der Waals surface area contributed by atoms with Crippen molar-refractivity contribution in [1.29, 1.82) is 0 Å². The summed E-state index contributed by atoms with van der Waals surface area (Å²) in [4.78, 5) is 30.6. The lowest BCUT2D eigenvalue weighted by atomic mass is 9.93. The molecule has 0 radical (unpaired) electrons. The first-order chi connectivity index (χ1) is 16.2. The van der Waals surface area contributed by atoms with Crippen LogP contribution in [-0.2, 0) is 22.7 Å². The van der Waals surface area contributed by atoms with Gasteiger partial charge in [-0.05, 0) is 49.1 Å². The van der Waals surface area contributed by atoms with Crippen molar-refractivity contribution < 1.29 is 9.59 Å². The van der Waals surface area contributed by atoms with Crippen LogP contribution >= 0.6 is 15.9 Å². The molecule has 0 saturated heterocycles. The molecule has 34 heavy (non-hydrogen) atoms. The van der Waals surface area contributed by atoms with Gasteiger partial charge < -0.3 is 14.4 Å². The van der Waals surface area contributed by atoms with Gasteiger partial charge in [-0.3, -0.25) is 9.59 Å². The predicted molar refractivity (Wildman–Crippen MR) is 141 cm³/mol. The molecule has 1 fully saturated rings. The van der Waals surface area contributed by atoms with Gasteiger partial charge >= 0.3 is 0 Å². The molecule has 0 atom stereocenters. The number of hydrogen-bond acceptors (Lipinski definition) is 2. The van der Waals surface area contributed by atoms with Gasteiger partial charge in [0.1, 0.15) is 0 Å². The molecule has 0 N–H and O–H groups in total.